The maximum absolute atomic E-state index is 13.4. The fourth-order valence-electron chi connectivity index (χ4n) is 3.61. The van der Waals surface area contributed by atoms with Crippen molar-refractivity contribution in [2.45, 2.75) is 13.0 Å². The topological polar surface area (TPSA) is 42.2 Å². The number of hydrogen-bond donors (Lipinski definition) is 1. The van der Waals surface area contributed by atoms with Gasteiger partial charge >= 0.3 is 0 Å². The van der Waals surface area contributed by atoms with Gasteiger partial charge in [-0.3, -0.25) is 4.79 Å². The van der Waals surface area contributed by atoms with Gasteiger partial charge < -0.3 is 9.67 Å². The van der Waals surface area contributed by atoms with Crippen LogP contribution in [0.15, 0.2) is 84.2 Å². The Bertz CT molecular complexity index is 1310. The molecule has 0 atom stereocenters. The number of fused-ring (bicyclic) bond motifs is 1. The summed E-state index contributed by atoms with van der Waals surface area (Å²) in [6.07, 6.45) is 1.95. The highest BCUT2D eigenvalue weighted by molar-refractivity contribution is 6.31. The van der Waals surface area contributed by atoms with Crippen molar-refractivity contribution in [2.75, 3.05) is 0 Å². The van der Waals surface area contributed by atoms with Gasteiger partial charge in [0.05, 0.1) is 16.1 Å². The average Bonchev–Trinajstić information content (AvgIpc) is 2.76. The van der Waals surface area contributed by atoms with Crippen molar-refractivity contribution in [2.24, 2.45) is 0 Å². The van der Waals surface area contributed by atoms with E-state index < -0.39 is 5.82 Å². The maximum atomic E-state index is 13.4. The number of pyridine rings is 1. The van der Waals surface area contributed by atoms with E-state index in [4.69, 9.17) is 11.6 Å². The number of aromatic hydroxyl groups is 1. The minimum Gasteiger partial charge on any atom is -0.507 e. The standard InChI is InChI=1S/C25H19ClFNO2/c1-2-13-28-23-6-4-3-5-19(23)24(29)20(25(28)30)14-16-7-9-17(10-8-16)18-11-12-22(27)21(26)15-18/h2-12,15,29H,1,13-14H2. The maximum Gasteiger partial charge on any atom is 0.258 e. The van der Waals surface area contributed by atoms with Crippen LogP contribution in [0.4, 0.5) is 4.39 Å². The summed E-state index contributed by atoms with van der Waals surface area (Å²) in [5, 5.41) is 11.5. The molecule has 0 aliphatic heterocycles. The number of hydrogen-bond acceptors (Lipinski definition) is 2. The molecule has 1 N–H and O–H groups in total. The lowest BCUT2D eigenvalue weighted by molar-refractivity contribution is 0.472. The van der Waals surface area contributed by atoms with Gasteiger partial charge in [0, 0.05) is 18.4 Å². The quantitative estimate of drug-likeness (QED) is 0.406. The zero-order valence-electron chi connectivity index (χ0n) is 16.1. The molecule has 0 saturated heterocycles. The third-order valence-electron chi connectivity index (χ3n) is 5.14. The lowest BCUT2D eigenvalue weighted by Crippen LogP contribution is -2.24. The Kier molecular flexibility index (Phi) is 5.42. The smallest absolute Gasteiger partial charge is 0.258 e. The van der Waals surface area contributed by atoms with E-state index in [0.29, 0.717) is 23.0 Å². The molecule has 5 heteroatoms. The Morgan fingerprint density at radius 1 is 1.03 bits per heavy atom. The SMILES string of the molecule is C=CCn1c(=O)c(Cc2ccc(-c3ccc(F)c(Cl)c3)cc2)c(O)c2ccccc21. The Morgan fingerprint density at radius 3 is 2.43 bits per heavy atom. The van der Waals surface area contributed by atoms with Crippen molar-refractivity contribution in [1.82, 2.24) is 4.57 Å². The van der Waals surface area contributed by atoms with Gasteiger partial charge in [0.2, 0.25) is 0 Å². The Morgan fingerprint density at radius 2 is 1.73 bits per heavy atom. The van der Waals surface area contributed by atoms with Crippen LogP contribution in [-0.2, 0) is 13.0 Å². The third-order valence-corrected chi connectivity index (χ3v) is 5.43. The van der Waals surface area contributed by atoms with Gasteiger partial charge in [0.25, 0.3) is 5.56 Å². The predicted molar refractivity (Wildman–Crippen MR) is 120 cm³/mol. The molecule has 4 aromatic rings. The second-order valence-electron chi connectivity index (χ2n) is 7.05. The minimum absolute atomic E-state index is 0.00491. The fourth-order valence-corrected chi connectivity index (χ4v) is 3.79. The number of aromatic nitrogens is 1. The lowest BCUT2D eigenvalue weighted by atomic mass is 9.99. The summed E-state index contributed by atoms with van der Waals surface area (Å²) < 4.78 is 15.0. The van der Waals surface area contributed by atoms with E-state index >= 15 is 0 Å². The molecular weight excluding hydrogens is 401 g/mol. The Hall–Kier alpha value is -3.37. The van der Waals surface area contributed by atoms with Crippen molar-refractivity contribution in [1.29, 1.82) is 0 Å². The zero-order chi connectivity index (χ0) is 21.3. The number of para-hydroxylation sites is 1. The summed E-state index contributed by atoms with van der Waals surface area (Å²) >= 11 is 5.88. The van der Waals surface area contributed by atoms with Gasteiger partial charge in [-0.05, 0) is 41.0 Å². The van der Waals surface area contributed by atoms with Crippen LogP contribution in [0, 0.1) is 5.82 Å². The third kappa shape index (κ3) is 3.62. The van der Waals surface area contributed by atoms with E-state index in [-0.39, 0.29) is 22.8 Å². The van der Waals surface area contributed by atoms with Crippen LogP contribution in [0.2, 0.25) is 5.02 Å². The monoisotopic (exact) mass is 419 g/mol. The number of allylic oxidation sites excluding steroid dienone is 1. The molecule has 3 aromatic carbocycles. The molecule has 0 radical (unpaired) electrons. The van der Waals surface area contributed by atoms with Crippen molar-refractivity contribution in [3.63, 3.8) is 0 Å². The van der Waals surface area contributed by atoms with Crippen LogP contribution in [-0.4, -0.2) is 9.67 Å². The van der Waals surface area contributed by atoms with Crippen molar-refractivity contribution >= 4 is 22.5 Å². The fraction of sp³-hybridized carbons (Fsp3) is 0.0800. The summed E-state index contributed by atoms with van der Waals surface area (Å²) in [5.74, 6) is -0.454. The summed E-state index contributed by atoms with van der Waals surface area (Å²) in [6, 6.07) is 19.4. The molecule has 1 heterocycles. The van der Waals surface area contributed by atoms with Crippen molar-refractivity contribution < 1.29 is 9.50 Å². The highest BCUT2D eigenvalue weighted by Gasteiger charge is 2.16. The molecule has 0 unspecified atom stereocenters. The van der Waals surface area contributed by atoms with E-state index in [0.717, 1.165) is 16.7 Å². The van der Waals surface area contributed by atoms with Crippen molar-refractivity contribution in [3.8, 4) is 16.9 Å². The van der Waals surface area contributed by atoms with Crippen LogP contribution in [0.3, 0.4) is 0 Å². The lowest BCUT2D eigenvalue weighted by Gasteiger charge is -2.14. The second-order valence-corrected chi connectivity index (χ2v) is 7.46. The average molecular weight is 420 g/mol. The molecular formula is C25H19ClFNO2. The first kappa shape index (κ1) is 19.9. The molecule has 0 amide bonds. The molecule has 0 aliphatic rings. The number of nitrogens with zero attached hydrogens (tertiary/aromatic N) is 1. The molecule has 0 aliphatic carbocycles. The van der Waals surface area contributed by atoms with E-state index in [1.54, 1.807) is 28.8 Å². The summed E-state index contributed by atoms with van der Waals surface area (Å²) in [5.41, 5.74) is 3.34. The van der Waals surface area contributed by atoms with Gasteiger partial charge in [-0.2, -0.15) is 0 Å². The van der Waals surface area contributed by atoms with Gasteiger partial charge in [-0.1, -0.05) is 60.1 Å². The first-order valence-corrected chi connectivity index (χ1v) is 9.86. The second kappa shape index (κ2) is 8.17. The normalized spacial score (nSPS) is 11.0. The van der Waals surface area contributed by atoms with E-state index in [2.05, 4.69) is 6.58 Å². The molecule has 150 valence electrons. The van der Waals surface area contributed by atoms with Crippen LogP contribution in [0.1, 0.15) is 11.1 Å². The van der Waals surface area contributed by atoms with Gasteiger partial charge in [-0.15, -0.1) is 6.58 Å². The Balaban J connectivity index is 1.73. The summed E-state index contributed by atoms with van der Waals surface area (Å²) in [6.45, 7) is 4.09. The van der Waals surface area contributed by atoms with E-state index in [9.17, 15) is 14.3 Å². The zero-order valence-corrected chi connectivity index (χ0v) is 16.9. The van der Waals surface area contributed by atoms with E-state index in [1.165, 1.54) is 6.07 Å². The van der Waals surface area contributed by atoms with Gasteiger partial charge in [0.1, 0.15) is 11.6 Å². The first-order chi connectivity index (χ1) is 14.5. The largest absolute Gasteiger partial charge is 0.507 e. The number of benzene rings is 3. The van der Waals surface area contributed by atoms with Crippen LogP contribution < -0.4 is 5.56 Å². The highest BCUT2D eigenvalue weighted by Crippen LogP contribution is 2.29. The van der Waals surface area contributed by atoms with Crippen molar-refractivity contribution in [3.05, 3.63) is 112 Å². The molecule has 30 heavy (non-hydrogen) atoms. The van der Waals surface area contributed by atoms with Gasteiger partial charge in [-0.25, -0.2) is 4.39 Å². The highest BCUT2D eigenvalue weighted by atomic mass is 35.5. The molecule has 0 spiro atoms. The molecule has 0 bridgehead atoms. The van der Waals surface area contributed by atoms with Crippen LogP contribution in [0.25, 0.3) is 22.0 Å². The Labute approximate surface area is 178 Å². The molecule has 3 nitrogen and oxygen atoms in total. The van der Waals surface area contributed by atoms with E-state index in [1.807, 2.05) is 42.5 Å². The van der Waals surface area contributed by atoms with Crippen LogP contribution in [0.5, 0.6) is 5.75 Å². The number of rotatable bonds is 5. The summed E-state index contributed by atoms with van der Waals surface area (Å²) in [7, 11) is 0. The van der Waals surface area contributed by atoms with Crippen LogP contribution >= 0.6 is 11.6 Å². The molecule has 1 aromatic heterocycles. The minimum atomic E-state index is -0.459. The summed E-state index contributed by atoms with van der Waals surface area (Å²) in [4.78, 5) is 13.1. The first-order valence-electron chi connectivity index (χ1n) is 9.48. The molecule has 0 saturated carbocycles. The number of halogens is 2. The predicted octanol–water partition coefficient (Wildman–Crippen LogP) is 5.94. The molecule has 4 rings (SSSR count). The van der Waals surface area contributed by atoms with Gasteiger partial charge in [0.15, 0.2) is 0 Å². The molecule has 0 fully saturated rings.